The van der Waals surface area contributed by atoms with Gasteiger partial charge in [0.25, 0.3) is 0 Å². The predicted octanol–water partition coefficient (Wildman–Crippen LogP) is 4.17. The van der Waals surface area contributed by atoms with Gasteiger partial charge in [-0.2, -0.15) is 0 Å². The Morgan fingerprint density at radius 2 is 1.90 bits per heavy atom. The number of rotatable bonds is 6. The van der Waals surface area contributed by atoms with Crippen LogP contribution >= 0.6 is 0 Å². The Hall–Kier alpha value is -3.35. The zero-order chi connectivity index (χ0) is 19.8. The number of hydrogen-bond acceptors (Lipinski definition) is 6. The van der Waals surface area contributed by atoms with E-state index in [0.29, 0.717) is 23.9 Å². The van der Waals surface area contributed by atoms with Gasteiger partial charge in [0.05, 0.1) is 23.3 Å². The molecule has 1 aliphatic carbocycles. The largest absolute Gasteiger partial charge is 0.364 e. The Labute approximate surface area is 169 Å². The maximum Gasteiger partial charge on any atom is 0.183 e. The van der Waals surface area contributed by atoms with Gasteiger partial charge < -0.3 is 10.3 Å². The molecule has 4 aromatic rings. The molecule has 1 aliphatic rings. The van der Waals surface area contributed by atoms with Crippen molar-refractivity contribution in [3.8, 4) is 11.4 Å². The maximum atomic E-state index is 4.88. The fourth-order valence-electron chi connectivity index (χ4n) is 3.58. The molecule has 0 spiro atoms. The molecule has 2 N–H and O–H groups in total. The van der Waals surface area contributed by atoms with Gasteiger partial charge in [0.15, 0.2) is 17.3 Å². The fourth-order valence-corrected chi connectivity index (χ4v) is 3.58. The fraction of sp³-hybridized carbons (Fsp3) is 0.318. The summed E-state index contributed by atoms with van der Waals surface area (Å²) in [6, 6.07) is 8.48. The lowest BCUT2D eigenvalue weighted by Crippen LogP contribution is -2.07. The number of aromatic amines is 1. The SMILES string of the molecule is CCc1ncnc(C2CC2)c1-c1nc(NCc2ccc(C)cc2)c2[nH]cnc2n1. The van der Waals surface area contributed by atoms with Gasteiger partial charge in [-0.1, -0.05) is 36.8 Å². The molecule has 0 saturated heterocycles. The lowest BCUT2D eigenvalue weighted by Gasteiger charge is -2.13. The third-order valence-corrected chi connectivity index (χ3v) is 5.34. The van der Waals surface area contributed by atoms with Crippen LogP contribution in [0, 0.1) is 6.92 Å². The molecule has 29 heavy (non-hydrogen) atoms. The minimum Gasteiger partial charge on any atom is -0.364 e. The van der Waals surface area contributed by atoms with Gasteiger partial charge in [-0.15, -0.1) is 0 Å². The van der Waals surface area contributed by atoms with Gasteiger partial charge in [-0.05, 0) is 31.7 Å². The third-order valence-electron chi connectivity index (χ3n) is 5.34. The van der Waals surface area contributed by atoms with Gasteiger partial charge in [0.2, 0.25) is 0 Å². The highest BCUT2D eigenvalue weighted by Crippen LogP contribution is 2.43. The van der Waals surface area contributed by atoms with E-state index >= 15 is 0 Å². The van der Waals surface area contributed by atoms with E-state index in [9.17, 15) is 0 Å². The Balaban J connectivity index is 1.57. The van der Waals surface area contributed by atoms with Crippen LogP contribution in [0.25, 0.3) is 22.6 Å². The van der Waals surface area contributed by atoms with Crippen LogP contribution in [0.1, 0.15) is 48.2 Å². The van der Waals surface area contributed by atoms with Crippen molar-refractivity contribution < 1.29 is 0 Å². The summed E-state index contributed by atoms with van der Waals surface area (Å²) in [7, 11) is 0. The summed E-state index contributed by atoms with van der Waals surface area (Å²) in [4.78, 5) is 26.3. The molecule has 1 saturated carbocycles. The molecule has 0 bridgehead atoms. The molecule has 7 nitrogen and oxygen atoms in total. The number of aryl methyl sites for hydroxylation is 2. The number of H-pyrrole nitrogens is 1. The Morgan fingerprint density at radius 1 is 1.07 bits per heavy atom. The summed E-state index contributed by atoms with van der Waals surface area (Å²) >= 11 is 0. The first-order valence-electron chi connectivity index (χ1n) is 10.1. The molecule has 0 unspecified atom stereocenters. The molecule has 7 heteroatoms. The van der Waals surface area contributed by atoms with Crippen LogP contribution in [-0.4, -0.2) is 29.9 Å². The molecule has 1 fully saturated rings. The summed E-state index contributed by atoms with van der Waals surface area (Å²) in [6.45, 7) is 4.87. The molecule has 0 amide bonds. The third kappa shape index (κ3) is 3.44. The van der Waals surface area contributed by atoms with Crippen molar-refractivity contribution in [3.63, 3.8) is 0 Å². The van der Waals surface area contributed by atoms with Crippen molar-refractivity contribution in [2.75, 3.05) is 5.32 Å². The second-order valence-electron chi connectivity index (χ2n) is 7.54. The number of imidazole rings is 1. The van der Waals surface area contributed by atoms with E-state index in [-0.39, 0.29) is 0 Å². The predicted molar refractivity (Wildman–Crippen MR) is 113 cm³/mol. The van der Waals surface area contributed by atoms with E-state index in [1.807, 2.05) is 0 Å². The van der Waals surface area contributed by atoms with Crippen LogP contribution < -0.4 is 5.32 Å². The first kappa shape index (κ1) is 17.7. The van der Waals surface area contributed by atoms with Crippen LogP contribution in [0.15, 0.2) is 36.9 Å². The first-order valence-corrected chi connectivity index (χ1v) is 10.1. The van der Waals surface area contributed by atoms with Gasteiger partial charge in [-0.25, -0.2) is 24.9 Å². The zero-order valence-electron chi connectivity index (χ0n) is 16.6. The van der Waals surface area contributed by atoms with Crippen LogP contribution in [0.4, 0.5) is 5.82 Å². The molecule has 146 valence electrons. The molecular formula is C22H23N7. The van der Waals surface area contributed by atoms with E-state index < -0.39 is 0 Å². The van der Waals surface area contributed by atoms with Crippen LogP contribution in [0.5, 0.6) is 0 Å². The van der Waals surface area contributed by atoms with Gasteiger partial charge >= 0.3 is 0 Å². The van der Waals surface area contributed by atoms with Crippen molar-refractivity contribution in [3.05, 3.63) is 59.4 Å². The summed E-state index contributed by atoms with van der Waals surface area (Å²) in [5.74, 6) is 1.88. The molecule has 1 aromatic carbocycles. The Kier molecular flexibility index (Phi) is 4.42. The normalized spacial score (nSPS) is 13.7. The summed E-state index contributed by atoms with van der Waals surface area (Å²) in [6.07, 6.45) is 6.46. The number of anilines is 1. The van der Waals surface area contributed by atoms with Crippen molar-refractivity contribution in [1.29, 1.82) is 0 Å². The second kappa shape index (κ2) is 7.24. The minimum absolute atomic E-state index is 0.487. The van der Waals surface area contributed by atoms with Crippen LogP contribution in [-0.2, 0) is 13.0 Å². The van der Waals surface area contributed by atoms with E-state index in [2.05, 4.69) is 63.4 Å². The molecule has 0 atom stereocenters. The van der Waals surface area contributed by atoms with Crippen molar-refractivity contribution in [2.45, 2.75) is 45.6 Å². The molecule has 3 heterocycles. The molecule has 0 radical (unpaired) electrons. The average molecular weight is 385 g/mol. The minimum atomic E-state index is 0.487. The highest BCUT2D eigenvalue weighted by molar-refractivity contribution is 5.85. The summed E-state index contributed by atoms with van der Waals surface area (Å²) in [5, 5.41) is 3.46. The lowest BCUT2D eigenvalue weighted by molar-refractivity contribution is 0.925. The number of benzene rings is 1. The highest BCUT2D eigenvalue weighted by Gasteiger charge is 2.30. The zero-order valence-corrected chi connectivity index (χ0v) is 16.6. The average Bonchev–Trinajstić information content (AvgIpc) is 3.49. The standard InChI is InChI=1S/C22H23N7/c1-3-16-17(18(15-8-9-15)25-11-24-16)20-28-21(19-22(29-20)27-12-26-19)23-10-14-6-4-13(2)5-7-14/h4-7,11-12,15H,3,8-10H2,1-2H3,(H2,23,26,27,28,29). The van der Waals surface area contributed by atoms with Gasteiger partial charge in [0, 0.05) is 12.5 Å². The summed E-state index contributed by atoms with van der Waals surface area (Å²) in [5.41, 5.74) is 6.92. The topological polar surface area (TPSA) is 92.3 Å². The smallest absolute Gasteiger partial charge is 0.183 e. The lowest BCUT2D eigenvalue weighted by atomic mass is 10.1. The van der Waals surface area contributed by atoms with Crippen LogP contribution in [0.2, 0.25) is 0 Å². The summed E-state index contributed by atoms with van der Waals surface area (Å²) < 4.78 is 0. The van der Waals surface area contributed by atoms with Crippen molar-refractivity contribution in [1.82, 2.24) is 29.9 Å². The number of nitrogens with zero attached hydrogens (tertiary/aromatic N) is 5. The number of nitrogens with one attached hydrogen (secondary N) is 2. The van der Waals surface area contributed by atoms with Crippen molar-refractivity contribution in [2.24, 2.45) is 0 Å². The number of aromatic nitrogens is 6. The van der Waals surface area contributed by atoms with E-state index in [1.165, 1.54) is 11.1 Å². The second-order valence-corrected chi connectivity index (χ2v) is 7.54. The van der Waals surface area contributed by atoms with E-state index in [4.69, 9.17) is 9.97 Å². The first-order chi connectivity index (χ1) is 14.2. The highest BCUT2D eigenvalue weighted by atomic mass is 15.1. The molecular weight excluding hydrogens is 362 g/mol. The Bertz CT molecular complexity index is 1160. The number of hydrogen-bond donors (Lipinski definition) is 2. The Morgan fingerprint density at radius 3 is 2.66 bits per heavy atom. The van der Waals surface area contributed by atoms with Crippen LogP contribution in [0.3, 0.4) is 0 Å². The molecule has 3 aromatic heterocycles. The molecule has 0 aliphatic heterocycles. The monoisotopic (exact) mass is 385 g/mol. The van der Waals surface area contributed by atoms with E-state index in [0.717, 1.165) is 47.5 Å². The quantitative estimate of drug-likeness (QED) is 0.517. The van der Waals surface area contributed by atoms with Gasteiger partial charge in [0.1, 0.15) is 11.8 Å². The number of fused-ring (bicyclic) bond motifs is 1. The van der Waals surface area contributed by atoms with Gasteiger partial charge in [-0.3, -0.25) is 0 Å². The maximum absolute atomic E-state index is 4.88. The molecule has 5 rings (SSSR count). The van der Waals surface area contributed by atoms with Crippen molar-refractivity contribution >= 4 is 17.0 Å². The van der Waals surface area contributed by atoms with E-state index in [1.54, 1.807) is 12.7 Å².